The summed E-state index contributed by atoms with van der Waals surface area (Å²) in [5.41, 5.74) is 3.58. The van der Waals surface area contributed by atoms with Crippen LogP contribution in [0, 0.1) is 5.41 Å². The lowest BCUT2D eigenvalue weighted by Gasteiger charge is -2.25. The van der Waals surface area contributed by atoms with E-state index in [4.69, 9.17) is 0 Å². The maximum atomic E-state index is 3.28. The molecule has 0 fully saturated rings. The molecule has 0 saturated heterocycles. The van der Waals surface area contributed by atoms with Crippen molar-refractivity contribution in [1.29, 1.82) is 0 Å². The van der Waals surface area contributed by atoms with E-state index in [0.717, 1.165) is 6.54 Å². The van der Waals surface area contributed by atoms with Crippen LogP contribution in [0.15, 0.2) is 24.3 Å². The van der Waals surface area contributed by atoms with Crippen LogP contribution < -0.4 is 5.32 Å². The van der Waals surface area contributed by atoms with Crippen LogP contribution in [0.5, 0.6) is 0 Å². The topological polar surface area (TPSA) is 12.0 Å². The molecule has 0 unspecified atom stereocenters. The fourth-order valence-electron chi connectivity index (χ4n) is 2.38. The van der Waals surface area contributed by atoms with Gasteiger partial charge in [-0.2, -0.15) is 0 Å². The van der Waals surface area contributed by atoms with E-state index in [2.05, 4.69) is 64.2 Å². The third-order valence-corrected chi connectivity index (χ3v) is 4.37. The van der Waals surface area contributed by atoms with Gasteiger partial charge in [0, 0.05) is 0 Å². The van der Waals surface area contributed by atoms with Gasteiger partial charge in [0.1, 0.15) is 0 Å². The quantitative estimate of drug-likeness (QED) is 0.759. The van der Waals surface area contributed by atoms with E-state index >= 15 is 0 Å². The van der Waals surface area contributed by atoms with E-state index in [9.17, 15) is 0 Å². The Bertz CT molecular complexity index is 373. The molecule has 1 heteroatoms. The Morgan fingerprint density at radius 3 is 2.05 bits per heavy atom. The van der Waals surface area contributed by atoms with Crippen LogP contribution in [-0.4, -0.2) is 13.6 Å². The molecule has 0 heterocycles. The predicted molar refractivity (Wildman–Crippen MR) is 85.8 cm³/mol. The summed E-state index contributed by atoms with van der Waals surface area (Å²) in [6.07, 6.45) is 3.58. The third-order valence-electron chi connectivity index (χ3n) is 4.37. The minimum Gasteiger partial charge on any atom is -0.319 e. The number of hydrogen-bond donors (Lipinski definition) is 1. The maximum Gasteiger partial charge on any atom is -0.0000373 e. The fraction of sp³-hybridized carbons (Fsp3) is 0.667. The lowest BCUT2D eigenvalue weighted by atomic mass is 9.81. The zero-order valence-corrected chi connectivity index (χ0v) is 13.6. The first kappa shape index (κ1) is 16.2. The van der Waals surface area contributed by atoms with Crippen molar-refractivity contribution in [3.8, 4) is 0 Å². The highest BCUT2D eigenvalue weighted by atomic mass is 14.8. The molecular formula is C18H31N. The zero-order chi connectivity index (χ0) is 14.5. The molecule has 0 aliphatic carbocycles. The van der Waals surface area contributed by atoms with Crippen LogP contribution in [0.1, 0.15) is 58.6 Å². The second-order valence-electron chi connectivity index (χ2n) is 7.13. The van der Waals surface area contributed by atoms with Gasteiger partial charge in [-0.25, -0.2) is 0 Å². The first-order valence-corrected chi connectivity index (χ1v) is 7.55. The molecule has 108 valence electrons. The van der Waals surface area contributed by atoms with E-state index < -0.39 is 0 Å². The van der Waals surface area contributed by atoms with Crippen LogP contribution in [0.2, 0.25) is 0 Å². The molecule has 0 radical (unpaired) electrons. The van der Waals surface area contributed by atoms with Gasteiger partial charge >= 0.3 is 0 Å². The highest BCUT2D eigenvalue weighted by molar-refractivity contribution is 5.28. The van der Waals surface area contributed by atoms with Gasteiger partial charge < -0.3 is 5.32 Å². The Balaban J connectivity index is 2.63. The number of rotatable bonds is 7. The summed E-state index contributed by atoms with van der Waals surface area (Å²) in [7, 11) is 2.03. The first-order valence-electron chi connectivity index (χ1n) is 7.55. The van der Waals surface area contributed by atoms with Gasteiger partial charge in [-0.05, 0) is 54.8 Å². The summed E-state index contributed by atoms with van der Waals surface area (Å²) in [6.45, 7) is 12.6. The molecule has 19 heavy (non-hydrogen) atoms. The SMILES string of the molecule is CCC(C)(C)c1ccc(CCC(C)(C)CNC)cc1. The molecule has 0 aromatic heterocycles. The summed E-state index contributed by atoms with van der Waals surface area (Å²) in [5.74, 6) is 0. The van der Waals surface area contributed by atoms with Crippen LogP contribution in [0.25, 0.3) is 0 Å². The minimum absolute atomic E-state index is 0.296. The van der Waals surface area contributed by atoms with Crippen LogP contribution in [-0.2, 0) is 11.8 Å². The van der Waals surface area contributed by atoms with Gasteiger partial charge in [0.25, 0.3) is 0 Å². The van der Waals surface area contributed by atoms with E-state index in [1.807, 2.05) is 7.05 Å². The molecule has 0 spiro atoms. The molecule has 0 saturated carbocycles. The monoisotopic (exact) mass is 261 g/mol. The highest BCUT2D eigenvalue weighted by Crippen LogP contribution is 2.27. The molecule has 1 aromatic rings. The number of aryl methyl sites for hydroxylation is 1. The van der Waals surface area contributed by atoms with Crippen molar-refractivity contribution in [2.24, 2.45) is 5.41 Å². The Morgan fingerprint density at radius 2 is 1.58 bits per heavy atom. The lowest BCUT2D eigenvalue weighted by Crippen LogP contribution is -2.27. The molecule has 1 rings (SSSR count). The predicted octanol–water partition coefficient (Wildman–Crippen LogP) is 4.55. The van der Waals surface area contributed by atoms with Crippen molar-refractivity contribution < 1.29 is 0 Å². The molecule has 0 amide bonds. The number of benzene rings is 1. The highest BCUT2D eigenvalue weighted by Gasteiger charge is 2.18. The Kier molecular flexibility index (Phi) is 5.61. The van der Waals surface area contributed by atoms with E-state index in [-0.39, 0.29) is 0 Å². The molecule has 0 aliphatic rings. The zero-order valence-electron chi connectivity index (χ0n) is 13.6. The van der Waals surface area contributed by atoms with Crippen LogP contribution in [0.3, 0.4) is 0 Å². The second-order valence-corrected chi connectivity index (χ2v) is 7.13. The molecule has 0 atom stereocenters. The van der Waals surface area contributed by atoms with Crippen molar-refractivity contribution in [3.05, 3.63) is 35.4 Å². The average Bonchev–Trinajstić information content (AvgIpc) is 2.37. The summed E-state index contributed by atoms with van der Waals surface area (Å²) in [4.78, 5) is 0. The number of nitrogens with one attached hydrogen (secondary N) is 1. The minimum atomic E-state index is 0.296. The normalized spacial score (nSPS) is 12.7. The molecule has 1 nitrogen and oxygen atoms in total. The van der Waals surface area contributed by atoms with Crippen molar-refractivity contribution in [2.45, 2.75) is 59.3 Å². The van der Waals surface area contributed by atoms with Gasteiger partial charge in [0.15, 0.2) is 0 Å². The third kappa shape index (κ3) is 4.99. The van der Waals surface area contributed by atoms with Gasteiger partial charge in [-0.1, -0.05) is 58.9 Å². The van der Waals surface area contributed by atoms with Crippen molar-refractivity contribution in [1.82, 2.24) is 5.32 Å². The molecular weight excluding hydrogens is 230 g/mol. The summed E-state index contributed by atoms with van der Waals surface area (Å²) < 4.78 is 0. The molecule has 0 bridgehead atoms. The van der Waals surface area contributed by atoms with Gasteiger partial charge in [-0.3, -0.25) is 0 Å². The average molecular weight is 261 g/mol. The van der Waals surface area contributed by atoms with Gasteiger partial charge in [0.2, 0.25) is 0 Å². The summed E-state index contributed by atoms with van der Waals surface area (Å²) >= 11 is 0. The Morgan fingerprint density at radius 1 is 1.00 bits per heavy atom. The van der Waals surface area contributed by atoms with Crippen LogP contribution >= 0.6 is 0 Å². The molecule has 1 N–H and O–H groups in total. The number of hydrogen-bond acceptors (Lipinski definition) is 1. The summed E-state index contributed by atoms with van der Waals surface area (Å²) in [6, 6.07) is 9.23. The first-order chi connectivity index (χ1) is 8.80. The van der Waals surface area contributed by atoms with Gasteiger partial charge in [0.05, 0.1) is 0 Å². The van der Waals surface area contributed by atoms with Crippen LogP contribution in [0.4, 0.5) is 0 Å². The Hall–Kier alpha value is -0.820. The maximum absolute atomic E-state index is 3.28. The van der Waals surface area contributed by atoms with E-state index in [1.165, 1.54) is 30.4 Å². The van der Waals surface area contributed by atoms with Crippen molar-refractivity contribution in [3.63, 3.8) is 0 Å². The standard InChI is InChI=1S/C18H31N/c1-7-18(4,5)16-10-8-15(9-11-16)12-13-17(2,3)14-19-6/h8-11,19H,7,12-14H2,1-6H3. The lowest BCUT2D eigenvalue weighted by molar-refractivity contribution is 0.324. The second kappa shape index (κ2) is 6.56. The van der Waals surface area contributed by atoms with E-state index in [0.29, 0.717) is 10.8 Å². The summed E-state index contributed by atoms with van der Waals surface area (Å²) in [5, 5.41) is 3.28. The smallest absolute Gasteiger partial charge is 0.0000373 e. The van der Waals surface area contributed by atoms with Crippen molar-refractivity contribution >= 4 is 0 Å². The van der Waals surface area contributed by atoms with Crippen molar-refractivity contribution in [2.75, 3.05) is 13.6 Å². The Labute approximate surface area is 119 Å². The van der Waals surface area contributed by atoms with E-state index in [1.54, 1.807) is 0 Å². The largest absolute Gasteiger partial charge is 0.319 e. The molecule has 1 aromatic carbocycles. The fourth-order valence-corrected chi connectivity index (χ4v) is 2.38. The van der Waals surface area contributed by atoms with Gasteiger partial charge in [-0.15, -0.1) is 0 Å². The molecule has 0 aliphatic heterocycles.